The average Bonchev–Trinajstić information content (AvgIpc) is 2.69. The molecule has 26 heavy (non-hydrogen) atoms. The van der Waals surface area contributed by atoms with E-state index in [2.05, 4.69) is 54.0 Å². The highest BCUT2D eigenvalue weighted by atomic mass is 16.2. The molecule has 3 aromatic carbocycles. The van der Waals surface area contributed by atoms with Crippen molar-refractivity contribution in [1.82, 2.24) is 5.32 Å². The zero-order chi connectivity index (χ0) is 18.4. The molecule has 0 aromatic heterocycles. The minimum atomic E-state index is -0.204. The molecule has 0 aliphatic rings. The third-order valence-corrected chi connectivity index (χ3v) is 4.49. The molecule has 132 valence electrons. The second kappa shape index (κ2) is 8.34. The monoisotopic (exact) mass is 344 g/mol. The van der Waals surface area contributed by atoms with Gasteiger partial charge in [-0.1, -0.05) is 73.7 Å². The molecular formula is C23H24N2O. The van der Waals surface area contributed by atoms with Crippen LogP contribution in [-0.4, -0.2) is 6.03 Å². The van der Waals surface area contributed by atoms with E-state index in [9.17, 15) is 4.79 Å². The normalized spacial score (nSPS) is 11.6. The zero-order valence-electron chi connectivity index (χ0n) is 15.2. The second-order valence-electron chi connectivity index (χ2n) is 6.36. The van der Waals surface area contributed by atoms with E-state index in [1.807, 2.05) is 49.4 Å². The maximum Gasteiger partial charge on any atom is 0.319 e. The van der Waals surface area contributed by atoms with Crippen LogP contribution in [0.15, 0.2) is 78.9 Å². The van der Waals surface area contributed by atoms with Crippen molar-refractivity contribution in [2.75, 3.05) is 5.32 Å². The molecular weight excluding hydrogens is 320 g/mol. The molecule has 3 nitrogen and oxygen atoms in total. The number of benzene rings is 3. The van der Waals surface area contributed by atoms with Crippen LogP contribution in [0, 0.1) is 0 Å². The number of urea groups is 1. The van der Waals surface area contributed by atoms with E-state index >= 15 is 0 Å². The number of amides is 2. The molecule has 0 fully saturated rings. The van der Waals surface area contributed by atoms with E-state index in [1.54, 1.807) is 0 Å². The van der Waals surface area contributed by atoms with E-state index < -0.39 is 0 Å². The van der Waals surface area contributed by atoms with Crippen LogP contribution >= 0.6 is 0 Å². The fraction of sp³-hybridized carbons (Fsp3) is 0.174. The van der Waals surface area contributed by atoms with Gasteiger partial charge in [0, 0.05) is 5.69 Å². The molecule has 2 amide bonds. The average molecular weight is 344 g/mol. The molecule has 0 heterocycles. The Balaban J connectivity index is 1.59. The molecule has 0 aliphatic carbocycles. The van der Waals surface area contributed by atoms with Crippen molar-refractivity contribution in [3.8, 4) is 11.1 Å². The Kier molecular flexibility index (Phi) is 5.69. The largest absolute Gasteiger partial charge is 0.331 e. The molecule has 0 aliphatic heterocycles. The second-order valence-corrected chi connectivity index (χ2v) is 6.36. The highest BCUT2D eigenvalue weighted by molar-refractivity contribution is 5.89. The van der Waals surface area contributed by atoms with E-state index in [4.69, 9.17) is 0 Å². The Morgan fingerprint density at radius 1 is 0.846 bits per heavy atom. The van der Waals surface area contributed by atoms with Gasteiger partial charge in [0.2, 0.25) is 0 Å². The van der Waals surface area contributed by atoms with Gasteiger partial charge in [-0.05, 0) is 47.7 Å². The number of carbonyl (C=O) groups is 1. The predicted molar refractivity (Wildman–Crippen MR) is 108 cm³/mol. The maximum absolute atomic E-state index is 12.3. The highest BCUT2D eigenvalue weighted by Gasteiger charge is 2.09. The third-order valence-electron chi connectivity index (χ3n) is 4.49. The molecule has 0 spiro atoms. The minimum absolute atomic E-state index is 0.0514. The van der Waals surface area contributed by atoms with Gasteiger partial charge in [0.25, 0.3) is 0 Å². The molecule has 0 bridgehead atoms. The van der Waals surface area contributed by atoms with Crippen molar-refractivity contribution in [3.63, 3.8) is 0 Å². The highest BCUT2D eigenvalue weighted by Crippen LogP contribution is 2.21. The van der Waals surface area contributed by atoms with Gasteiger partial charge in [0.15, 0.2) is 0 Å². The Labute approximate surface area is 155 Å². The van der Waals surface area contributed by atoms with Gasteiger partial charge in [-0.15, -0.1) is 0 Å². The lowest BCUT2D eigenvalue weighted by Crippen LogP contribution is -2.31. The Morgan fingerprint density at radius 3 is 2.08 bits per heavy atom. The number of hydrogen-bond acceptors (Lipinski definition) is 1. The SMILES string of the molecule is CCc1ccc(C(C)NC(=O)Nc2ccc(-c3ccccc3)cc2)cc1. The van der Waals surface area contributed by atoms with Crippen LogP contribution < -0.4 is 10.6 Å². The lowest BCUT2D eigenvalue weighted by Gasteiger charge is -2.15. The van der Waals surface area contributed by atoms with Crippen LogP contribution in [0.4, 0.5) is 10.5 Å². The minimum Gasteiger partial charge on any atom is -0.331 e. The predicted octanol–water partition coefficient (Wildman–Crippen LogP) is 5.80. The first kappa shape index (κ1) is 17.7. The summed E-state index contributed by atoms with van der Waals surface area (Å²) in [5.41, 5.74) is 5.45. The lowest BCUT2D eigenvalue weighted by atomic mass is 10.1. The lowest BCUT2D eigenvalue weighted by molar-refractivity contribution is 0.249. The fourth-order valence-electron chi connectivity index (χ4n) is 2.87. The molecule has 2 N–H and O–H groups in total. The number of hydrogen-bond donors (Lipinski definition) is 2. The van der Waals surface area contributed by atoms with Crippen LogP contribution in [0.25, 0.3) is 11.1 Å². The standard InChI is InChI=1S/C23H24N2O/c1-3-18-9-11-19(12-10-18)17(2)24-23(26)25-22-15-13-21(14-16-22)20-7-5-4-6-8-20/h4-17H,3H2,1-2H3,(H2,24,25,26). The number of anilines is 1. The van der Waals surface area contributed by atoms with Gasteiger partial charge in [0.1, 0.15) is 0 Å². The van der Waals surface area contributed by atoms with Gasteiger partial charge in [-0.2, -0.15) is 0 Å². The van der Waals surface area contributed by atoms with E-state index in [-0.39, 0.29) is 12.1 Å². The number of nitrogens with one attached hydrogen (secondary N) is 2. The van der Waals surface area contributed by atoms with Crippen LogP contribution in [0.1, 0.15) is 31.0 Å². The van der Waals surface area contributed by atoms with Crippen LogP contribution in [-0.2, 0) is 6.42 Å². The third kappa shape index (κ3) is 4.51. The van der Waals surface area contributed by atoms with E-state index in [0.717, 1.165) is 28.8 Å². The molecule has 3 rings (SSSR count). The molecule has 0 saturated heterocycles. The van der Waals surface area contributed by atoms with Crippen LogP contribution in [0.2, 0.25) is 0 Å². The number of rotatable bonds is 5. The Morgan fingerprint density at radius 2 is 1.46 bits per heavy atom. The van der Waals surface area contributed by atoms with Crippen molar-refractivity contribution in [2.45, 2.75) is 26.3 Å². The number of aryl methyl sites for hydroxylation is 1. The zero-order valence-corrected chi connectivity index (χ0v) is 15.2. The Hall–Kier alpha value is -3.07. The van der Waals surface area contributed by atoms with Crippen molar-refractivity contribution >= 4 is 11.7 Å². The summed E-state index contributed by atoms with van der Waals surface area (Å²) in [7, 11) is 0. The topological polar surface area (TPSA) is 41.1 Å². The first-order valence-corrected chi connectivity index (χ1v) is 8.97. The van der Waals surface area contributed by atoms with Gasteiger partial charge in [-0.25, -0.2) is 4.79 Å². The molecule has 3 heteroatoms. The fourth-order valence-corrected chi connectivity index (χ4v) is 2.87. The van der Waals surface area contributed by atoms with Crippen molar-refractivity contribution in [1.29, 1.82) is 0 Å². The molecule has 1 atom stereocenters. The first-order chi connectivity index (χ1) is 12.7. The molecule has 0 saturated carbocycles. The molecule has 0 radical (unpaired) electrons. The van der Waals surface area contributed by atoms with Crippen molar-refractivity contribution in [2.24, 2.45) is 0 Å². The summed E-state index contributed by atoms with van der Waals surface area (Å²) in [6.07, 6.45) is 1.02. The summed E-state index contributed by atoms with van der Waals surface area (Å²) < 4.78 is 0. The first-order valence-electron chi connectivity index (χ1n) is 8.97. The summed E-state index contributed by atoms with van der Waals surface area (Å²) in [6.45, 7) is 4.12. The Bertz CT molecular complexity index is 840. The van der Waals surface area contributed by atoms with Gasteiger partial charge in [-0.3, -0.25) is 0 Å². The van der Waals surface area contributed by atoms with Crippen molar-refractivity contribution in [3.05, 3.63) is 90.0 Å². The summed E-state index contributed by atoms with van der Waals surface area (Å²) in [5.74, 6) is 0. The van der Waals surface area contributed by atoms with E-state index in [0.29, 0.717) is 0 Å². The van der Waals surface area contributed by atoms with Crippen molar-refractivity contribution < 1.29 is 4.79 Å². The maximum atomic E-state index is 12.3. The van der Waals surface area contributed by atoms with Gasteiger partial charge < -0.3 is 10.6 Å². The van der Waals surface area contributed by atoms with E-state index in [1.165, 1.54) is 5.56 Å². The smallest absolute Gasteiger partial charge is 0.319 e. The summed E-state index contributed by atoms with van der Waals surface area (Å²) in [5, 5.41) is 5.87. The van der Waals surface area contributed by atoms with Gasteiger partial charge >= 0.3 is 6.03 Å². The number of carbonyl (C=O) groups excluding carboxylic acids is 1. The summed E-state index contributed by atoms with van der Waals surface area (Å²) in [4.78, 5) is 12.3. The van der Waals surface area contributed by atoms with Crippen LogP contribution in [0.5, 0.6) is 0 Å². The molecule has 3 aromatic rings. The quantitative estimate of drug-likeness (QED) is 0.603. The van der Waals surface area contributed by atoms with Gasteiger partial charge in [0.05, 0.1) is 6.04 Å². The van der Waals surface area contributed by atoms with Crippen LogP contribution in [0.3, 0.4) is 0 Å². The molecule has 1 unspecified atom stereocenters. The summed E-state index contributed by atoms with van der Waals surface area (Å²) in [6, 6.07) is 26.1. The summed E-state index contributed by atoms with van der Waals surface area (Å²) >= 11 is 0.